The third-order valence-electron chi connectivity index (χ3n) is 6.48. The third kappa shape index (κ3) is 5.95. The van der Waals surface area contributed by atoms with Crippen molar-refractivity contribution in [3.8, 4) is 5.75 Å². The lowest BCUT2D eigenvalue weighted by Gasteiger charge is -2.41. The Balaban J connectivity index is 2.20. The molecule has 1 saturated carbocycles. The van der Waals surface area contributed by atoms with Crippen LogP contribution in [0.4, 0.5) is 0 Å². The fraction of sp³-hybridized carbons (Fsp3) is 0.565. The maximum Gasteiger partial charge on any atom is 0.332 e. The van der Waals surface area contributed by atoms with Gasteiger partial charge < -0.3 is 19.7 Å². The molecule has 1 aromatic carbocycles. The molecule has 1 aromatic rings. The van der Waals surface area contributed by atoms with Crippen molar-refractivity contribution in [3.05, 3.63) is 41.0 Å². The summed E-state index contributed by atoms with van der Waals surface area (Å²) < 4.78 is 6.48. The Morgan fingerprint density at radius 1 is 1.00 bits per heavy atom. The number of phenols is 1. The molecule has 0 heterocycles. The first-order valence-corrected chi connectivity index (χ1v) is 13.4. The molecule has 0 aliphatic heterocycles. The first kappa shape index (κ1) is 24.1. The number of aromatic hydroxyl groups is 1. The molecule has 0 aromatic heterocycles. The highest BCUT2D eigenvalue weighted by atomic mass is 28.4. The summed E-state index contributed by atoms with van der Waals surface area (Å²) in [6.07, 6.45) is 2.79. The van der Waals surface area contributed by atoms with Crippen LogP contribution in [0, 0.1) is 5.92 Å². The number of aliphatic carboxylic acids is 2. The highest BCUT2D eigenvalue weighted by Gasteiger charge is 2.40. The fourth-order valence-electron chi connectivity index (χ4n) is 3.72. The summed E-state index contributed by atoms with van der Waals surface area (Å²) in [4.78, 5) is 24.0. The van der Waals surface area contributed by atoms with Crippen LogP contribution in [0.1, 0.15) is 52.0 Å². The Kier molecular flexibility index (Phi) is 7.53. The van der Waals surface area contributed by atoms with Crippen LogP contribution in [0.2, 0.25) is 18.1 Å². The van der Waals surface area contributed by atoms with Gasteiger partial charge in [-0.15, -0.1) is 0 Å². The standard InChI is InChI=1S/C23H34O6Si/c1-23(2,3)30(4,5)29-18-12-8-16(9-13-18)20(22(27)28)19(21(25)26)14-15-6-10-17(24)11-7-15/h6-7,10-11,16,18,24H,8-9,12-14H2,1-5H3,(H,25,26)(H,27,28)/t16-,18+. The predicted octanol–water partition coefficient (Wildman–Crippen LogP) is 4.98. The third-order valence-corrected chi connectivity index (χ3v) is 11.0. The van der Waals surface area contributed by atoms with Crippen molar-refractivity contribution in [2.24, 2.45) is 5.92 Å². The number of rotatable bonds is 7. The van der Waals surface area contributed by atoms with Crippen LogP contribution in [-0.2, 0) is 20.4 Å². The number of hydrogen-bond acceptors (Lipinski definition) is 4. The van der Waals surface area contributed by atoms with E-state index in [4.69, 9.17) is 4.43 Å². The van der Waals surface area contributed by atoms with Gasteiger partial charge in [-0.05, 0) is 67.4 Å². The van der Waals surface area contributed by atoms with Gasteiger partial charge in [0.05, 0.1) is 11.1 Å². The molecule has 0 saturated heterocycles. The second kappa shape index (κ2) is 9.35. The van der Waals surface area contributed by atoms with E-state index in [2.05, 4.69) is 33.9 Å². The normalized spacial score (nSPS) is 21.1. The van der Waals surface area contributed by atoms with Gasteiger partial charge in [0.1, 0.15) is 5.75 Å². The molecule has 6 nitrogen and oxygen atoms in total. The van der Waals surface area contributed by atoms with Crippen molar-refractivity contribution >= 4 is 20.3 Å². The van der Waals surface area contributed by atoms with E-state index >= 15 is 0 Å². The quantitative estimate of drug-likeness (QED) is 0.413. The predicted molar refractivity (Wildman–Crippen MR) is 118 cm³/mol. The summed E-state index contributed by atoms with van der Waals surface area (Å²) in [6, 6.07) is 6.17. The van der Waals surface area contributed by atoms with Gasteiger partial charge in [0.2, 0.25) is 0 Å². The number of hydrogen-bond donors (Lipinski definition) is 3. The van der Waals surface area contributed by atoms with Crippen molar-refractivity contribution in [1.29, 1.82) is 0 Å². The Bertz CT molecular complexity index is 796. The van der Waals surface area contributed by atoms with Crippen LogP contribution in [0.5, 0.6) is 5.75 Å². The molecule has 0 atom stereocenters. The van der Waals surface area contributed by atoms with Crippen LogP contribution in [0.3, 0.4) is 0 Å². The van der Waals surface area contributed by atoms with E-state index in [1.165, 1.54) is 12.1 Å². The van der Waals surface area contributed by atoms with Gasteiger partial charge in [-0.3, -0.25) is 0 Å². The van der Waals surface area contributed by atoms with Crippen LogP contribution < -0.4 is 0 Å². The summed E-state index contributed by atoms with van der Waals surface area (Å²) in [5.74, 6) is -2.59. The highest BCUT2D eigenvalue weighted by molar-refractivity contribution is 6.74. The molecule has 3 N–H and O–H groups in total. The Labute approximate surface area is 179 Å². The largest absolute Gasteiger partial charge is 0.508 e. The molecule has 0 unspecified atom stereocenters. The monoisotopic (exact) mass is 434 g/mol. The smallest absolute Gasteiger partial charge is 0.332 e. The minimum absolute atomic E-state index is 0.00125. The molecule has 0 radical (unpaired) electrons. The Morgan fingerprint density at radius 2 is 1.53 bits per heavy atom. The molecule has 2 rings (SSSR count). The van der Waals surface area contributed by atoms with Gasteiger partial charge in [-0.1, -0.05) is 32.9 Å². The number of benzene rings is 1. The molecule has 30 heavy (non-hydrogen) atoms. The first-order chi connectivity index (χ1) is 13.8. The second-order valence-electron chi connectivity index (χ2n) is 9.70. The van der Waals surface area contributed by atoms with E-state index in [0.717, 1.165) is 12.8 Å². The van der Waals surface area contributed by atoms with Crippen LogP contribution in [0.25, 0.3) is 0 Å². The van der Waals surface area contributed by atoms with Gasteiger partial charge in [-0.25, -0.2) is 9.59 Å². The number of phenolic OH excluding ortho intramolecular Hbond substituents is 1. The minimum Gasteiger partial charge on any atom is -0.508 e. The van der Waals surface area contributed by atoms with E-state index in [0.29, 0.717) is 18.4 Å². The maximum atomic E-state index is 12.0. The SMILES string of the molecule is CC(C)(C)[Si](C)(C)O[C@H]1CC[C@@H](C(C(=O)O)=C(Cc2ccc(O)cc2)C(=O)O)CC1. The van der Waals surface area contributed by atoms with Crippen molar-refractivity contribution in [2.45, 2.75) is 77.1 Å². The van der Waals surface area contributed by atoms with Crippen molar-refractivity contribution in [1.82, 2.24) is 0 Å². The minimum atomic E-state index is -1.90. The van der Waals surface area contributed by atoms with E-state index in [9.17, 15) is 24.9 Å². The highest BCUT2D eigenvalue weighted by Crippen LogP contribution is 2.41. The van der Waals surface area contributed by atoms with E-state index in [1.54, 1.807) is 12.1 Å². The van der Waals surface area contributed by atoms with Gasteiger partial charge in [0.25, 0.3) is 0 Å². The van der Waals surface area contributed by atoms with E-state index in [-0.39, 0.29) is 40.4 Å². The zero-order chi connectivity index (χ0) is 22.7. The molecule has 1 fully saturated rings. The summed E-state index contributed by atoms with van der Waals surface area (Å²) >= 11 is 0. The van der Waals surface area contributed by atoms with E-state index in [1.807, 2.05) is 0 Å². The average Bonchev–Trinajstić information content (AvgIpc) is 2.62. The van der Waals surface area contributed by atoms with Gasteiger partial charge in [0.15, 0.2) is 8.32 Å². The van der Waals surface area contributed by atoms with Crippen molar-refractivity contribution in [3.63, 3.8) is 0 Å². The number of carbonyl (C=O) groups is 2. The van der Waals surface area contributed by atoms with E-state index < -0.39 is 20.3 Å². The van der Waals surface area contributed by atoms with Gasteiger partial charge >= 0.3 is 11.9 Å². The zero-order valence-electron chi connectivity index (χ0n) is 18.6. The lowest BCUT2D eigenvalue weighted by atomic mass is 9.79. The summed E-state index contributed by atoms with van der Waals surface area (Å²) in [5.41, 5.74) is 0.571. The number of carboxylic acid groups (broad SMARTS) is 2. The fourth-order valence-corrected chi connectivity index (χ4v) is 5.14. The molecule has 166 valence electrons. The topological polar surface area (TPSA) is 104 Å². The van der Waals surface area contributed by atoms with Gasteiger partial charge in [-0.2, -0.15) is 0 Å². The molecule has 1 aliphatic rings. The van der Waals surface area contributed by atoms with Crippen LogP contribution >= 0.6 is 0 Å². The van der Waals surface area contributed by atoms with Crippen molar-refractivity contribution in [2.75, 3.05) is 0 Å². The summed E-state index contributed by atoms with van der Waals surface area (Å²) in [6.45, 7) is 11.0. The molecule has 0 amide bonds. The molecular formula is C23H34O6Si. The van der Waals surface area contributed by atoms with Crippen molar-refractivity contribution < 1.29 is 29.3 Å². The second-order valence-corrected chi connectivity index (χ2v) is 14.5. The first-order valence-electron chi connectivity index (χ1n) is 10.5. The number of carboxylic acids is 2. The Morgan fingerprint density at radius 3 is 1.97 bits per heavy atom. The average molecular weight is 435 g/mol. The molecule has 7 heteroatoms. The van der Waals surface area contributed by atoms with Gasteiger partial charge in [0, 0.05) is 12.5 Å². The van der Waals surface area contributed by atoms with Crippen LogP contribution in [-0.4, -0.2) is 41.7 Å². The maximum absolute atomic E-state index is 12.0. The molecular weight excluding hydrogens is 400 g/mol. The Hall–Kier alpha value is -2.12. The molecule has 0 spiro atoms. The lowest BCUT2D eigenvalue weighted by Crippen LogP contribution is -2.44. The molecule has 1 aliphatic carbocycles. The zero-order valence-corrected chi connectivity index (χ0v) is 19.6. The molecule has 0 bridgehead atoms. The summed E-state index contributed by atoms with van der Waals surface area (Å²) in [7, 11) is -1.90. The lowest BCUT2D eigenvalue weighted by molar-refractivity contribution is -0.136. The summed E-state index contributed by atoms with van der Waals surface area (Å²) in [5, 5.41) is 29.1. The van der Waals surface area contributed by atoms with Crippen LogP contribution in [0.15, 0.2) is 35.4 Å².